The summed E-state index contributed by atoms with van der Waals surface area (Å²) in [4.78, 5) is 0. The predicted molar refractivity (Wildman–Crippen MR) is 80.8 cm³/mol. The van der Waals surface area contributed by atoms with Gasteiger partial charge in [-0.1, -0.05) is 30.3 Å². The highest BCUT2D eigenvalue weighted by Crippen LogP contribution is 2.48. The highest BCUT2D eigenvalue weighted by atomic mass is 16.5. The van der Waals surface area contributed by atoms with E-state index in [4.69, 9.17) is 4.74 Å². The maximum Gasteiger partial charge on any atom is 0.241 e. The zero-order valence-corrected chi connectivity index (χ0v) is 12.7. The van der Waals surface area contributed by atoms with Crippen LogP contribution in [0.2, 0.25) is 0 Å². The molecule has 5 nitrogen and oxygen atoms in total. The van der Waals surface area contributed by atoms with Crippen molar-refractivity contribution < 1.29 is 4.74 Å². The van der Waals surface area contributed by atoms with Crippen LogP contribution in [0.4, 0.5) is 5.69 Å². The van der Waals surface area contributed by atoms with Gasteiger partial charge >= 0.3 is 0 Å². The van der Waals surface area contributed by atoms with Crippen LogP contribution in [0.5, 0.6) is 5.88 Å². The van der Waals surface area contributed by atoms with Crippen molar-refractivity contribution in [2.24, 2.45) is 10.2 Å². The Morgan fingerprint density at radius 2 is 1.76 bits per heavy atom. The summed E-state index contributed by atoms with van der Waals surface area (Å²) in [5.41, 5.74) is 2.95. The lowest BCUT2D eigenvalue weighted by Gasteiger charge is -2.19. The number of ether oxygens (including phenoxy) is 1. The Balaban J connectivity index is 2.19. The number of benzene rings is 1. The molecule has 0 fully saturated rings. The summed E-state index contributed by atoms with van der Waals surface area (Å²) in [6.45, 7) is 7.95. The maximum absolute atomic E-state index is 5.79. The monoisotopic (exact) mass is 282 g/mol. The topological polar surface area (TPSA) is 59.7 Å². The second-order valence-electron chi connectivity index (χ2n) is 5.87. The fourth-order valence-electron chi connectivity index (χ4n) is 2.38. The number of hydrogen-bond donors (Lipinski definition) is 0. The van der Waals surface area contributed by atoms with Crippen LogP contribution in [0, 0.1) is 0 Å². The van der Waals surface area contributed by atoms with Gasteiger partial charge in [-0.05, 0) is 27.7 Å². The summed E-state index contributed by atoms with van der Waals surface area (Å²) in [5.74, 6) is 0.523. The van der Waals surface area contributed by atoms with E-state index in [0.29, 0.717) is 5.88 Å². The number of aromatic nitrogens is 2. The van der Waals surface area contributed by atoms with Gasteiger partial charge in [-0.2, -0.15) is 10.2 Å². The van der Waals surface area contributed by atoms with Crippen LogP contribution in [0.25, 0.3) is 11.3 Å². The van der Waals surface area contributed by atoms with Gasteiger partial charge in [0.15, 0.2) is 0 Å². The van der Waals surface area contributed by atoms with E-state index in [-0.39, 0.29) is 6.10 Å². The van der Waals surface area contributed by atoms with E-state index in [2.05, 4.69) is 20.4 Å². The lowest BCUT2D eigenvalue weighted by Crippen LogP contribution is -2.17. The van der Waals surface area contributed by atoms with Gasteiger partial charge in [-0.3, -0.25) is 0 Å². The molecule has 108 valence electrons. The first-order valence-corrected chi connectivity index (χ1v) is 7.05. The van der Waals surface area contributed by atoms with E-state index in [1.54, 1.807) is 0 Å². The molecule has 2 aromatic rings. The van der Waals surface area contributed by atoms with Crippen molar-refractivity contribution >= 4 is 5.69 Å². The predicted octanol–water partition coefficient (Wildman–Crippen LogP) is 4.26. The minimum atomic E-state index is -0.445. The molecule has 0 unspecified atom stereocenters. The molecule has 0 N–H and O–H groups in total. The van der Waals surface area contributed by atoms with E-state index in [1.807, 2.05) is 58.0 Å². The molecule has 3 rings (SSSR count). The molecule has 1 aromatic heterocycles. The molecule has 0 saturated carbocycles. The Hall–Kier alpha value is -2.30. The molecule has 0 spiro atoms. The molecule has 2 heterocycles. The van der Waals surface area contributed by atoms with Crippen molar-refractivity contribution in [2.45, 2.75) is 39.3 Å². The molecule has 1 aliphatic heterocycles. The molecule has 1 aliphatic rings. The quantitative estimate of drug-likeness (QED) is 0.845. The summed E-state index contributed by atoms with van der Waals surface area (Å²) >= 11 is 0. The molecular weight excluding hydrogens is 264 g/mol. The Morgan fingerprint density at radius 3 is 2.43 bits per heavy atom. The Bertz CT molecular complexity index is 693. The van der Waals surface area contributed by atoms with Crippen LogP contribution >= 0.6 is 0 Å². The van der Waals surface area contributed by atoms with Crippen LogP contribution in [-0.4, -0.2) is 16.3 Å². The van der Waals surface area contributed by atoms with Gasteiger partial charge in [0.1, 0.15) is 16.9 Å². The number of rotatable bonds is 3. The summed E-state index contributed by atoms with van der Waals surface area (Å²) < 4.78 is 5.79. The third-order valence-corrected chi connectivity index (χ3v) is 3.32. The van der Waals surface area contributed by atoms with Crippen molar-refractivity contribution in [3.05, 3.63) is 35.9 Å². The smallest absolute Gasteiger partial charge is 0.241 e. The number of hydrogen-bond acceptors (Lipinski definition) is 5. The average Bonchev–Trinajstić information content (AvgIpc) is 2.76. The highest BCUT2D eigenvalue weighted by Gasteiger charge is 2.36. The Morgan fingerprint density at radius 1 is 1.05 bits per heavy atom. The largest absolute Gasteiger partial charge is 0.474 e. The average molecular weight is 282 g/mol. The molecule has 0 radical (unpaired) electrons. The van der Waals surface area contributed by atoms with Crippen LogP contribution < -0.4 is 4.74 Å². The third kappa shape index (κ3) is 2.39. The van der Waals surface area contributed by atoms with E-state index in [0.717, 1.165) is 22.5 Å². The highest BCUT2D eigenvalue weighted by molar-refractivity contribution is 5.76. The van der Waals surface area contributed by atoms with Gasteiger partial charge in [0.05, 0.1) is 11.7 Å². The molecular formula is C16H18N4O. The maximum atomic E-state index is 5.79. The van der Waals surface area contributed by atoms with E-state index in [9.17, 15) is 0 Å². The van der Waals surface area contributed by atoms with E-state index in [1.165, 1.54) is 0 Å². The first kappa shape index (κ1) is 13.7. The van der Waals surface area contributed by atoms with Crippen molar-refractivity contribution in [3.63, 3.8) is 0 Å². The van der Waals surface area contributed by atoms with Crippen molar-refractivity contribution in [1.29, 1.82) is 0 Å². The molecule has 0 atom stereocenters. The van der Waals surface area contributed by atoms with E-state index < -0.39 is 5.54 Å². The van der Waals surface area contributed by atoms with Crippen LogP contribution in [0.1, 0.15) is 33.3 Å². The normalized spacial score (nSPS) is 15.3. The van der Waals surface area contributed by atoms with Crippen molar-refractivity contribution in [2.75, 3.05) is 0 Å². The fraction of sp³-hybridized carbons (Fsp3) is 0.375. The van der Waals surface area contributed by atoms with Crippen LogP contribution in [-0.2, 0) is 5.54 Å². The first-order valence-electron chi connectivity index (χ1n) is 7.05. The molecule has 0 bridgehead atoms. The standard InChI is InChI=1S/C16H18N4O/c1-10(2)21-15-12-14(18-20-16(12,3)4)13(17-19-15)11-8-6-5-7-9-11/h5-10H,1-4H3. The summed E-state index contributed by atoms with van der Waals surface area (Å²) in [7, 11) is 0. The lowest BCUT2D eigenvalue weighted by molar-refractivity contribution is 0.224. The van der Waals surface area contributed by atoms with Gasteiger partial charge in [-0.25, -0.2) is 0 Å². The zero-order chi connectivity index (χ0) is 15.0. The zero-order valence-electron chi connectivity index (χ0n) is 12.7. The third-order valence-electron chi connectivity index (χ3n) is 3.32. The van der Waals surface area contributed by atoms with Gasteiger partial charge in [0.25, 0.3) is 0 Å². The minimum Gasteiger partial charge on any atom is -0.474 e. The van der Waals surface area contributed by atoms with Gasteiger partial charge < -0.3 is 4.74 Å². The minimum absolute atomic E-state index is 0.0300. The molecule has 1 aromatic carbocycles. The van der Waals surface area contributed by atoms with Crippen molar-refractivity contribution in [3.8, 4) is 17.1 Å². The van der Waals surface area contributed by atoms with Gasteiger partial charge in [-0.15, -0.1) is 10.2 Å². The van der Waals surface area contributed by atoms with E-state index >= 15 is 0 Å². The summed E-state index contributed by atoms with van der Waals surface area (Å²) in [6.07, 6.45) is 0.0300. The number of fused-ring (bicyclic) bond motifs is 1. The SMILES string of the molecule is CC(C)Oc1nnc(-c2ccccc2)c2c1C(C)(C)N=N2. The summed E-state index contributed by atoms with van der Waals surface area (Å²) in [6, 6.07) is 9.90. The lowest BCUT2D eigenvalue weighted by atomic mass is 9.94. The summed E-state index contributed by atoms with van der Waals surface area (Å²) in [5, 5.41) is 17.3. The van der Waals surface area contributed by atoms with Crippen LogP contribution in [0.3, 0.4) is 0 Å². The van der Waals surface area contributed by atoms with Gasteiger partial charge in [0, 0.05) is 5.56 Å². The Labute approximate surface area is 124 Å². The van der Waals surface area contributed by atoms with Crippen LogP contribution in [0.15, 0.2) is 40.6 Å². The Kier molecular flexibility index (Phi) is 3.20. The second kappa shape index (κ2) is 4.91. The number of azo groups is 1. The molecule has 5 heteroatoms. The van der Waals surface area contributed by atoms with Crippen molar-refractivity contribution in [1.82, 2.24) is 10.2 Å². The second-order valence-corrected chi connectivity index (χ2v) is 5.87. The molecule has 0 saturated heterocycles. The molecule has 0 amide bonds. The number of nitrogens with zero attached hydrogens (tertiary/aromatic N) is 4. The van der Waals surface area contributed by atoms with Gasteiger partial charge in [0.2, 0.25) is 5.88 Å². The molecule has 21 heavy (non-hydrogen) atoms. The fourth-order valence-corrected chi connectivity index (χ4v) is 2.38. The first-order chi connectivity index (χ1) is 9.99. The molecule has 0 aliphatic carbocycles.